The van der Waals surface area contributed by atoms with Gasteiger partial charge in [-0.25, -0.2) is 8.42 Å². The molecule has 2 aromatic carbocycles. The Labute approximate surface area is 175 Å². The zero-order valence-electron chi connectivity index (χ0n) is 15.8. The summed E-state index contributed by atoms with van der Waals surface area (Å²) in [6.07, 6.45) is 1.05. The largest absolute Gasteiger partial charge is 0.491 e. The Kier molecular flexibility index (Phi) is 7.57. The van der Waals surface area contributed by atoms with E-state index in [0.29, 0.717) is 10.8 Å². The zero-order chi connectivity index (χ0) is 20.9. The van der Waals surface area contributed by atoms with Gasteiger partial charge < -0.3 is 10.1 Å². The second kappa shape index (κ2) is 9.49. The van der Waals surface area contributed by atoms with Gasteiger partial charge in [-0.1, -0.05) is 35.3 Å². The van der Waals surface area contributed by atoms with E-state index in [9.17, 15) is 13.2 Å². The molecule has 6 nitrogen and oxygen atoms in total. The van der Waals surface area contributed by atoms with Gasteiger partial charge in [0.1, 0.15) is 12.3 Å². The maximum Gasteiger partial charge on any atom is 0.241 e. The molecule has 1 amide bonds. The van der Waals surface area contributed by atoms with Crippen LogP contribution in [-0.4, -0.2) is 33.2 Å². The molecule has 2 aromatic rings. The first-order chi connectivity index (χ1) is 13.1. The summed E-state index contributed by atoms with van der Waals surface area (Å²) in [5, 5.41) is 3.23. The summed E-state index contributed by atoms with van der Waals surface area (Å²) in [7, 11) is -3.73. The smallest absolute Gasteiger partial charge is 0.241 e. The number of sulfonamides is 1. The molecule has 28 heavy (non-hydrogen) atoms. The molecule has 0 aromatic heterocycles. The lowest BCUT2D eigenvalue weighted by molar-refractivity contribution is -0.119. The van der Waals surface area contributed by atoms with Crippen LogP contribution in [0, 0.1) is 0 Å². The maximum absolute atomic E-state index is 12.4. The van der Waals surface area contributed by atoms with Crippen LogP contribution in [0.25, 0.3) is 0 Å². The summed E-state index contributed by atoms with van der Waals surface area (Å²) in [5.41, 5.74) is 1.03. The number of carbonyl (C=O) groups excluding carboxylic acids is 1. The van der Waals surface area contributed by atoms with Crippen molar-refractivity contribution in [3.63, 3.8) is 0 Å². The first-order valence-electron chi connectivity index (χ1n) is 8.51. The first-order valence-corrected chi connectivity index (χ1v) is 11.1. The number of amides is 1. The van der Waals surface area contributed by atoms with Crippen LogP contribution in [0.5, 0.6) is 5.75 Å². The van der Waals surface area contributed by atoms with Gasteiger partial charge in [0, 0.05) is 11.6 Å². The number of hydrogen-bond acceptors (Lipinski definition) is 4. The summed E-state index contributed by atoms with van der Waals surface area (Å²) in [6.45, 7) is 3.69. The van der Waals surface area contributed by atoms with E-state index in [4.69, 9.17) is 27.9 Å². The maximum atomic E-state index is 12.4. The molecule has 2 rings (SSSR count). The van der Waals surface area contributed by atoms with Crippen LogP contribution >= 0.6 is 23.2 Å². The summed E-state index contributed by atoms with van der Waals surface area (Å²) in [4.78, 5) is 12.4. The van der Waals surface area contributed by atoms with E-state index in [2.05, 4.69) is 5.32 Å². The zero-order valence-corrected chi connectivity index (χ0v) is 18.1. The van der Waals surface area contributed by atoms with Gasteiger partial charge in [-0.2, -0.15) is 0 Å². The normalized spacial score (nSPS) is 11.4. The Morgan fingerprint density at radius 1 is 1.18 bits per heavy atom. The lowest BCUT2D eigenvalue weighted by Gasteiger charge is -2.23. The monoisotopic (exact) mass is 444 g/mol. The minimum absolute atomic E-state index is 0.0392. The van der Waals surface area contributed by atoms with E-state index < -0.39 is 22.5 Å². The summed E-state index contributed by atoms with van der Waals surface area (Å²) in [6, 6.07) is 11.7. The van der Waals surface area contributed by atoms with Gasteiger partial charge in [0.2, 0.25) is 15.9 Å². The highest BCUT2D eigenvalue weighted by atomic mass is 35.5. The highest BCUT2D eigenvalue weighted by Gasteiger charge is 2.23. The minimum Gasteiger partial charge on any atom is -0.491 e. The van der Waals surface area contributed by atoms with E-state index >= 15 is 0 Å². The van der Waals surface area contributed by atoms with Crippen molar-refractivity contribution in [1.29, 1.82) is 0 Å². The van der Waals surface area contributed by atoms with Crippen LogP contribution in [0.3, 0.4) is 0 Å². The fourth-order valence-corrected chi connectivity index (χ4v) is 3.88. The van der Waals surface area contributed by atoms with Crippen molar-refractivity contribution in [1.82, 2.24) is 5.32 Å². The average Bonchev–Trinajstić information content (AvgIpc) is 2.57. The Hall–Kier alpha value is -1.96. The van der Waals surface area contributed by atoms with Gasteiger partial charge in [0.05, 0.1) is 23.1 Å². The molecule has 0 aliphatic heterocycles. The lowest BCUT2D eigenvalue weighted by Crippen LogP contribution is -2.40. The predicted octanol–water partition coefficient (Wildman–Crippen LogP) is 3.86. The SMILES string of the molecule is CC(C)Oc1cccc(CNC(=O)CN(c2ccc(Cl)cc2Cl)S(C)(=O)=O)c1. The number of halogens is 2. The van der Waals surface area contributed by atoms with E-state index in [1.807, 2.05) is 38.1 Å². The van der Waals surface area contributed by atoms with Gasteiger partial charge >= 0.3 is 0 Å². The van der Waals surface area contributed by atoms with Crippen LogP contribution in [0.15, 0.2) is 42.5 Å². The predicted molar refractivity (Wildman–Crippen MR) is 113 cm³/mol. The highest BCUT2D eigenvalue weighted by molar-refractivity contribution is 7.92. The summed E-state index contributed by atoms with van der Waals surface area (Å²) >= 11 is 12.0. The lowest BCUT2D eigenvalue weighted by atomic mass is 10.2. The Balaban J connectivity index is 2.09. The van der Waals surface area contributed by atoms with E-state index in [1.54, 1.807) is 0 Å². The molecule has 0 spiro atoms. The van der Waals surface area contributed by atoms with Gasteiger partial charge in [0.25, 0.3) is 0 Å². The van der Waals surface area contributed by atoms with Crippen LogP contribution in [0.1, 0.15) is 19.4 Å². The summed E-state index contributed by atoms with van der Waals surface area (Å²) in [5.74, 6) is 0.235. The fraction of sp³-hybridized carbons (Fsp3) is 0.316. The number of hydrogen-bond donors (Lipinski definition) is 1. The number of nitrogens with zero attached hydrogens (tertiary/aromatic N) is 1. The average molecular weight is 445 g/mol. The van der Waals surface area contributed by atoms with E-state index in [0.717, 1.165) is 16.1 Å². The van der Waals surface area contributed by atoms with Crippen molar-refractivity contribution in [3.8, 4) is 5.75 Å². The summed E-state index contributed by atoms with van der Waals surface area (Å²) < 4.78 is 30.9. The number of rotatable bonds is 8. The third-order valence-corrected chi connectivity index (χ3v) is 5.29. The molecular weight excluding hydrogens is 423 g/mol. The van der Waals surface area contributed by atoms with E-state index in [1.165, 1.54) is 18.2 Å². The first kappa shape index (κ1) is 22.3. The van der Waals surface area contributed by atoms with Gasteiger partial charge in [-0.05, 0) is 49.7 Å². The molecule has 0 aliphatic rings. The second-order valence-corrected chi connectivity index (χ2v) is 9.21. The molecule has 152 valence electrons. The van der Waals surface area contributed by atoms with Crippen molar-refractivity contribution in [3.05, 3.63) is 58.1 Å². The van der Waals surface area contributed by atoms with Crippen molar-refractivity contribution in [2.75, 3.05) is 17.1 Å². The molecule has 1 N–H and O–H groups in total. The molecule has 0 unspecified atom stereocenters. The van der Waals surface area contributed by atoms with Gasteiger partial charge in [-0.3, -0.25) is 9.10 Å². The molecule has 0 heterocycles. The molecule has 9 heteroatoms. The Morgan fingerprint density at radius 2 is 1.89 bits per heavy atom. The second-order valence-electron chi connectivity index (χ2n) is 6.46. The quantitative estimate of drug-likeness (QED) is 0.670. The molecule has 0 saturated heterocycles. The van der Waals surface area contributed by atoms with Crippen molar-refractivity contribution >= 4 is 44.8 Å². The molecule has 0 fully saturated rings. The highest BCUT2D eigenvalue weighted by Crippen LogP contribution is 2.30. The number of nitrogens with one attached hydrogen (secondary N) is 1. The molecular formula is C19H22Cl2N2O4S. The van der Waals surface area contributed by atoms with Crippen LogP contribution in [-0.2, 0) is 21.4 Å². The van der Waals surface area contributed by atoms with Crippen LogP contribution < -0.4 is 14.4 Å². The standard InChI is InChI=1S/C19H22Cl2N2O4S/c1-13(2)27-16-6-4-5-14(9-16)11-22-19(24)12-23(28(3,25)26)18-8-7-15(20)10-17(18)21/h4-10,13H,11-12H2,1-3H3,(H,22,24). The number of anilines is 1. The third kappa shape index (κ3) is 6.58. The number of carbonyl (C=O) groups is 1. The molecule has 0 aliphatic carbocycles. The molecule has 0 radical (unpaired) electrons. The molecule has 0 bridgehead atoms. The van der Waals surface area contributed by atoms with Crippen molar-refractivity contribution in [2.45, 2.75) is 26.5 Å². The van der Waals surface area contributed by atoms with E-state index in [-0.39, 0.29) is 23.4 Å². The van der Waals surface area contributed by atoms with Crippen LogP contribution in [0.4, 0.5) is 5.69 Å². The molecule has 0 saturated carbocycles. The molecule has 0 atom stereocenters. The van der Waals surface area contributed by atoms with Gasteiger partial charge in [0.15, 0.2) is 0 Å². The van der Waals surface area contributed by atoms with Crippen molar-refractivity contribution < 1.29 is 17.9 Å². The third-order valence-electron chi connectivity index (χ3n) is 3.63. The number of ether oxygens (including phenoxy) is 1. The van der Waals surface area contributed by atoms with Crippen molar-refractivity contribution in [2.24, 2.45) is 0 Å². The minimum atomic E-state index is -3.73. The fourth-order valence-electron chi connectivity index (χ4n) is 2.45. The topological polar surface area (TPSA) is 75.7 Å². The number of benzene rings is 2. The van der Waals surface area contributed by atoms with Crippen LogP contribution in [0.2, 0.25) is 10.0 Å². The Bertz CT molecular complexity index is 949. The van der Waals surface area contributed by atoms with Gasteiger partial charge in [-0.15, -0.1) is 0 Å². The Morgan fingerprint density at radius 3 is 2.50 bits per heavy atom.